The number of nitrogens with zero attached hydrogens (tertiary/aromatic N) is 2. The van der Waals surface area contributed by atoms with E-state index in [0.717, 1.165) is 12.8 Å². The van der Waals surface area contributed by atoms with Gasteiger partial charge in [0.25, 0.3) is 11.5 Å². The van der Waals surface area contributed by atoms with Crippen LogP contribution in [0.3, 0.4) is 0 Å². The number of aliphatic hydroxyl groups excluding tert-OH is 1. The highest BCUT2D eigenvalue weighted by Crippen LogP contribution is 1.95. The van der Waals surface area contributed by atoms with Gasteiger partial charge >= 0.3 is 0 Å². The Labute approximate surface area is 123 Å². The van der Waals surface area contributed by atoms with Crippen molar-refractivity contribution in [2.24, 2.45) is 0 Å². The van der Waals surface area contributed by atoms with Gasteiger partial charge in [-0.1, -0.05) is 13.3 Å². The molecule has 1 heterocycles. The molecule has 0 aromatic carbocycles. The number of ether oxygens (including phenoxy) is 1. The number of hydrogen-bond acceptors (Lipinski definition) is 5. The lowest BCUT2D eigenvalue weighted by Gasteiger charge is -2.10. The van der Waals surface area contributed by atoms with Crippen molar-refractivity contribution in [1.29, 1.82) is 0 Å². The number of aromatic nitrogens is 2. The number of methoxy groups -OCH3 is 1. The summed E-state index contributed by atoms with van der Waals surface area (Å²) < 4.78 is 6.10. The van der Waals surface area contributed by atoms with Crippen LogP contribution < -0.4 is 10.9 Å². The number of rotatable bonds is 9. The second-order valence-electron chi connectivity index (χ2n) is 4.79. The quantitative estimate of drug-likeness (QED) is 0.678. The van der Waals surface area contributed by atoms with Gasteiger partial charge in [0.1, 0.15) is 5.69 Å². The molecule has 0 spiro atoms. The van der Waals surface area contributed by atoms with Crippen LogP contribution in [0.2, 0.25) is 0 Å². The highest BCUT2D eigenvalue weighted by atomic mass is 16.5. The van der Waals surface area contributed by atoms with E-state index < -0.39 is 6.10 Å². The first-order chi connectivity index (χ1) is 10.1. The van der Waals surface area contributed by atoms with E-state index in [1.165, 1.54) is 23.9 Å². The molecule has 7 nitrogen and oxygen atoms in total. The van der Waals surface area contributed by atoms with Crippen LogP contribution in [0.15, 0.2) is 16.9 Å². The number of unbranched alkanes of at least 4 members (excludes halogenated alkanes) is 1. The van der Waals surface area contributed by atoms with Crippen LogP contribution in [0.4, 0.5) is 0 Å². The third kappa shape index (κ3) is 6.05. The molecule has 1 aromatic heterocycles. The van der Waals surface area contributed by atoms with E-state index in [0.29, 0.717) is 19.5 Å². The monoisotopic (exact) mass is 297 g/mol. The van der Waals surface area contributed by atoms with Crippen molar-refractivity contribution in [2.45, 2.75) is 38.8 Å². The summed E-state index contributed by atoms with van der Waals surface area (Å²) in [5, 5.41) is 16.2. The molecule has 1 aromatic rings. The summed E-state index contributed by atoms with van der Waals surface area (Å²) >= 11 is 0. The van der Waals surface area contributed by atoms with Crippen LogP contribution in [-0.2, 0) is 11.3 Å². The molecule has 0 radical (unpaired) electrons. The lowest BCUT2D eigenvalue weighted by molar-refractivity contribution is 0.0587. The van der Waals surface area contributed by atoms with Gasteiger partial charge < -0.3 is 15.2 Å². The number of nitrogens with one attached hydrogen (secondary N) is 1. The summed E-state index contributed by atoms with van der Waals surface area (Å²) in [5.74, 6) is -0.357. The van der Waals surface area contributed by atoms with Gasteiger partial charge in [0.05, 0.1) is 12.7 Å². The highest BCUT2D eigenvalue weighted by molar-refractivity contribution is 5.91. The molecular formula is C14H23N3O4. The van der Waals surface area contributed by atoms with Gasteiger partial charge in [-0.2, -0.15) is 5.10 Å². The van der Waals surface area contributed by atoms with Crippen molar-refractivity contribution in [2.75, 3.05) is 20.3 Å². The van der Waals surface area contributed by atoms with Crippen molar-refractivity contribution in [1.82, 2.24) is 15.1 Å². The topological polar surface area (TPSA) is 93.5 Å². The second kappa shape index (κ2) is 9.25. The van der Waals surface area contributed by atoms with Crippen molar-refractivity contribution in [3.63, 3.8) is 0 Å². The summed E-state index contributed by atoms with van der Waals surface area (Å²) in [6.45, 7) is 3.07. The highest BCUT2D eigenvalue weighted by Gasteiger charge is 2.10. The van der Waals surface area contributed by atoms with Crippen LogP contribution in [0, 0.1) is 0 Å². The minimum atomic E-state index is -0.609. The molecule has 0 aliphatic heterocycles. The molecule has 7 heteroatoms. The summed E-state index contributed by atoms with van der Waals surface area (Å²) in [7, 11) is 1.51. The Morgan fingerprint density at radius 1 is 1.52 bits per heavy atom. The van der Waals surface area contributed by atoms with E-state index in [-0.39, 0.29) is 23.8 Å². The lowest BCUT2D eigenvalue weighted by atomic mass is 10.2. The smallest absolute Gasteiger partial charge is 0.271 e. The van der Waals surface area contributed by atoms with E-state index >= 15 is 0 Å². The van der Waals surface area contributed by atoms with Gasteiger partial charge in [-0.25, -0.2) is 4.68 Å². The molecule has 118 valence electrons. The normalized spacial score (nSPS) is 12.1. The molecule has 0 aliphatic carbocycles. The number of aryl methyl sites for hydroxylation is 1. The SMILES string of the molecule is CCCCn1nc(C(=O)NCCC(O)COC)ccc1=O. The number of hydrogen-bond donors (Lipinski definition) is 2. The molecule has 0 saturated heterocycles. The van der Waals surface area contributed by atoms with Gasteiger partial charge in [0, 0.05) is 26.3 Å². The van der Waals surface area contributed by atoms with Gasteiger partial charge in [0.2, 0.25) is 0 Å². The van der Waals surface area contributed by atoms with Crippen molar-refractivity contribution in [3.8, 4) is 0 Å². The Bertz CT molecular complexity index is 501. The number of carbonyl (C=O) groups is 1. The Hall–Kier alpha value is -1.73. The van der Waals surface area contributed by atoms with Crippen LogP contribution in [0.5, 0.6) is 0 Å². The third-order valence-corrected chi connectivity index (χ3v) is 2.94. The molecule has 0 bridgehead atoms. The molecule has 1 atom stereocenters. The predicted molar refractivity (Wildman–Crippen MR) is 78.2 cm³/mol. The maximum absolute atomic E-state index is 11.9. The largest absolute Gasteiger partial charge is 0.391 e. The molecular weight excluding hydrogens is 274 g/mol. The fraction of sp³-hybridized carbons (Fsp3) is 0.643. The van der Waals surface area contributed by atoms with Crippen molar-refractivity contribution >= 4 is 5.91 Å². The van der Waals surface area contributed by atoms with E-state index in [1.807, 2.05) is 6.92 Å². The van der Waals surface area contributed by atoms with Crippen LogP contribution in [0.25, 0.3) is 0 Å². The van der Waals surface area contributed by atoms with Gasteiger partial charge in [-0.3, -0.25) is 9.59 Å². The van der Waals surface area contributed by atoms with Gasteiger partial charge in [-0.05, 0) is 18.9 Å². The zero-order chi connectivity index (χ0) is 15.7. The van der Waals surface area contributed by atoms with Crippen molar-refractivity contribution in [3.05, 3.63) is 28.2 Å². The van der Waals surface area contributed by atoms with E-state index in [2.05, 4.69) is 10.4 Å². The van der Waals surface area contributed by atoms with E-state index in [4.69, 9.17) is 4.74 Å². The van der Waals surface area contributed by atoms with Crippen molar-refractivity contribution < 1.29 is 14.6 Å². The summed E-state index contributed by atoms with van der Waals surface area (Å²) in [4.78, 5) is 23.5. The molecule has 0 saturated carbocycles. The maximum Gasteiger partial charge on any atom is 0.271 e. The second-order valence-corrected chi connectivity index (χ2v) is 4.79. The molecule has 1 unspecified atom stereocenters. The molecule has 21 heavy (non-hydrogen) atoms. The zero-order valence-electron chi connectivity index (χ0n) is 12.5. The standard InChI is InChI=1S/C14H23N3O4/c1-3-4-9-17-13(19)6-5-12(16-17)14(20)15-8-7-11(18)10-21-2/h5-6,11,18H,3-4,7-10H2,1-2H3,(H,15,20). The molecule has 0 aliphatic rings. The fourth-order valence-electron chi connectivity index (χ4n) is 1.76. The minimum Gasteiger partial charge on any atom is -0.391 e. The van der Waals surface area contributed by atoms with Gasteiger partial charge in [-0.15, -0.1) is 0 Å². The van der Waals surface area contributed by atoms with Crippen LogP contribution in [0.1, 0.15) is 36.7 Å². The van der Waals surface area contributed by atoms with Gasteiger partial charge in [0.15, 0.2) is 0 Å². The number of amides is 1. The third-order valence-electron chi connectivity index (χ3n) is 2.94. The first-order valence-corrected chi connectivity index (χ1v) is 7.11. The molecule has 2 N–H and O–H groups in total. The first kappa shape index (κ1) is 17.3. The van der Waals surface area contributed by atoms with Crippen LogP contribution >= 0.6 is 0 Å². The molecule has 0 fully saturated rings. The predicted octanol–water partition coefficient (Wildman–Crippen LogP) is 0.171. The maximum atomic E-state index is 11.9. The van der Waals surface area contributed by atoms with E-state index in [9.17, 15) is 14.7 Å². The Kier molecular flexibility index (Phi) is 7.63. The molecule has 1 rings (SSSR count). The minimum absolute atomic E-state index is 0.201. The van der Waals surface area contributed by atoms with Crippen LogP contribution in [-0.4, -0.2) is 47.2 Å². The molecule has 1 amide bonds. The summed E-state index contributed by atoms with van der Waals surface area (Å²) in [6, 6.07) is 2.75. The summed E-state index contributed by atoms with van der Waals surface area (Å²) in [6.07, 6.45) is 1.57. The fourth-order valence-corrected chi connectivity index (χ4v) is 1.76. The first-order valence-electron chi connectivity index (χ1n) is 7.11. The Balaban J connectivity index is 2.55. The Morgan fingerprint density at radius 3 is 2.95 bits per heavy atom. The zero-order valence-corrected chi connectivity index (χ0v) is 12.5. The van der Waals surface area contributed by atoms with E-state index in [1.54, 1.807) is 0 Å². The Morgan fingerprint density at radius 2 is 2.29 bits per heavy atom. The average Bonchev–Trinajstić information content (AvgIpc) is 2.46. The number of aliphatic hydroxyl groups is 1. The summed E-state index contributed by atoms with van der Waals surface area (Å²) in [5.41, 5.74) is -0.0116. The average molecular weight is 297 g/mol. The number of carbonyl (C=O) groups excluding carboxylic acids is 1. The lowest BCUT2D eigenvalue weighted by Crippen LogP contribution is -2.31.